The van der Waals surface area contributed by atoms with Crippen LogP contribution in [0, 0.1) is 5.92 Å². The molecule has 1 amide bonds. The van der Waals surface area contributed by atoms with Gasteiger partial charge in [0.05, 0.1) is 11.6 Å². The first kappa shape index (κ1) is 19.5. The van der Waals surface area contributed by atoms with E-state index in [2.05, 4.69) is 5.32 Å². The normalized spacial score (nSPS) is 13.7. The van der Waals surface area contributed by atoms with E-state index in [-0.39, 0.29) is 23.3 Å². The second kappa shape index (κ2) is 8.65. The van der Waals surface area contributed by atoms with Gasteiger partial charge in [-0.25, -0.2) is 4.79 Å². The van der Waals surface area contributed by atoms with Gasteiger partial charge < -0.3 is 24.6 Å². The first-order chi connectivity index (χ1) is 13.4. The summed E-state index contributed by atoms with van der Waals surface area (Å²) in [6, 6.07) is 11.1. The molecule has 1 heterocycles. The predicted molar refractivity (Wildman–Crippen MR) is 102 cm³/mol. The molecule has 1 aliphatic heterocycles. The molecule has 1 atom stereocenters. The lowest BCUT2D eigenvalue weighted by Crippen LogP contribution is -2.35. The molecule has 3 rings (SSSR count). The van der Waals surface area contributed by atoms with Crippen LogP contribution >= 0.6 is 0 Å². The fourth-order valence-corrected chi connectivity index (χ4v) is 2.95. The Morgan fingerprint density at radius 3 is 2.57 bits per heavy atom. The number of esters is 1. The Morgan fingerprint density at radius 2 is 1.86 bits per heavy atom. The molecule has 1 aliphatic rings. The number of carbonyl (C=O) groups excluding carboxylic acids is 2. The average molecular weight is 385 g/mol. The van der Waals surface area contributed by atoms with Crippen molar-refractivity contribution in [2.24, 2.45) is 5.92 Å². The topological polar surface area (TPSA) is 94.1 Å². The van der Waals surface area contributed by atoms with E-state index in [4.69, 9.17) is 14.2 Å². The molecular weight excluding hydrogens is 362 g/mol. The summed E-state index contributed by atoms with van der Waals surface area (Å²) in [5, 5.41) is 12.3. The van der Waals surface area contributed by atoms with Gasteiger partial charge in [-0.15, -0.1) is 0 Å². The number of carbonyl (C=O) groups is 2. The average Bonchev–Trinajstić information content (AvgIpc) is 2.69. The standard InChI is InChI=1S/C21H23NO6/c1-13(2)20(14-6-7-17-18(11-14)27-9-8-26-17)22-19(24)12-28-21(25)15-4-3-5-16(23)10-15/h3-7,10-11,13,20,23H,8-9,12H2,1-2H3,(H,22,24)/t20-/m1/s1. The number of phenols is 1. The molecule has 0 bridgehead atoms. The number of nitrogens with one attached hydrogen (secondary N) is 1. The van der Waals surface area contributed by atoms with Gasteiger partial charge >= 0.3 is 5.97 Å². The van der Waals surface area contributed by atoms with E-state index in [1.807, 2.05) is 32.0 Å². The van der Waals surface area contributed by atoms with Gasteiger partial charge in [-0.05, 0) is 41.8 Å². The van der Waals surface area contributed by atoms with Crippen LogP contribution in [0.4, 0.5) is 0 Å². The highest BCUT2D eigenvalue weighted by molar-refractivity contribution is 5.91. The number of phenolic OH excluding ortho intramolecular Hbond substituents is 1. The molecule has 0 radical (unpaired) electrons. The maximum Gasteiger partial charge on any atom is 0.338 e. The predicted octanol–water partition coefficient (Wildman–Crippen LogP) is 2.83. The maximum atomic E-state index is 12.3. The van der Waals surface area contributed by atoms with Crippen molar-refractivity contribution < 1.29 is 28.9 Å². The number of fused-ring (bicyclic) bond motifs is 1. The molecule has 0 aromatic heterocycles. The number of rotatable bonds is 6. The molecule has 2 aromatic rings. The molecule has 2 N–H and O–H groups in total. The van der Waals surface area contributed by atoms with Crippen LogP contribution in [-0.4, -0.2) is 36.8 Å². The van der Waals surface area contributed by atoms with Crippen LogP contribution < -0.4 is 14.8 Å². The minimum atomic E-state index is -0.675. The molecule has 0 unspecified atom stereocenters. The fraction of sp³-hybridized carbons (Fsp3) is 0.333. The molecular formula is C21H23NO6. The van der Waals surface area contributed by atoms with Crippen molar-refractivity contribution in [2.45, 2.75) is 19.9 Å². The smallest absolute Gasteiger partial charge is 0.338 e. The van der Waals surface area contributed by atoms with E-state index in [0.29, 0.717) is 24.7 Å². The van der Waals surface area contributed by atoms with Crippen LogP contribution in [0.25, 0.3) is 0 Å². The Hall–Kier alpha value is -3.22. The van der Waals surface area contributed by atoms with Crippen molar-refractivity contribution in [1.82, 2.24) is 5.32 Å². The minimum Gasteiger partial charge on any atom is -0.508 e. The van der Waals surface area contributed by atoms with Gasteiger partial charge in [0.1, 0.15) is 19.0 Å². The van der Waals surface area contributed by atoms with E-state index in [9.17, 15) is 14.7 Å². The largest absolute Gasteiger partial charge is 0.508 e. The molecule has 0 spiro atoms. The third-order valence-corrected chi connectivity index (χ3v) is 4.32. The zero-order valence-electron chi connectivity index (χ0n) is 15.8. The molecule has 0 saturated heterocycles. The zero-order valence-corrected chi connectivity index (χ0v) is 15.8. The maximum absolute atomic E-state index is 12.3. The first-order valence-electron chi connectivity index (χ1n) is 9.09. The first-order valence-corrected chi connectivity index (χ1v) is 9.09. The number of ether oxygens (including phenoxy) is 3. The summed E-state index contributed by atoms with van der Waals surface area (Å²) < 4.78 is 16.2. The molecule has 0 fully saturated rings. The van der Waals surface area contributed by atoms with E-state index in [1.54, 1.807) is 0 Å². The zero-order chi connectivity index (χ0) is 20.1. The van der Waals surface area contributed by atoms with Crippen LogP contribution in [0.5, 0.6) is 17.2 Å². The van der Waals surface area contributed by atoms with Crippen molar-refractivity contribution >= 4 is 11.9 Å². The Morgan fingerprint density at radius 1 is 1.11 bits per heavy atom. The number of benzene rings is 2. The van der Waals surface area contributed by atoms with Gasteiger partial charge in [0.2, 0.25) is 0 Å². The monoisotopic (exact) mass is 385 g/mol. The molecule has 0 saturated carbocycles. The number of aromatic hydroxyl groups is 1. The summed E-state index contributed by atoms with van der Waals surface area (Å²) in [4.78, 5) is 24.3. The van der Waals surface area contributed by atoms with Crippen LogP contribution in [0.15, 0.2) is 42.5 Å². The van der Waals surface area contributed by atoms with Crippen molar-refractivity contribution in [2.75, 3.05) is 19.8 Å². The van der Waals surface area contributed by atoms with Crippen molar-refractivity contribution in [3.8, 4) is 17.2 Å². The minimum absolute atomic E-state index is 0.0441. The van der Waals surface area contributed by atoms with Gasteiger partial charge in [0.15, 0.2) is 18.1 Å². The highest BCUT2D eigenvalue weighted by Crippen LogP contribution is 2.34. The quantitative estimate of drug-likeness (QED) is 0.743. The number of hydrogen-bond acceptors (Lipinski definition) is 6. The van der Waals surface area contributed by atoms with Crippen molar-refractivity contribution in [1.29, 1.82) is 0 Å². The van der Waals surface area contributed by atoms with Gasteiger partial charge in [-0.1, -0.05) is 26.0 Å². The lowest BCUT2D eigenvalue weighted by Gasteiger charge is -2.25. The fourth-order valence-electron chi connectivity index (χ4n) is 2.95. The Balaban J connectivity index is 1.62. The van der Waals surface area contributed by atoms with Crippen LogP contribution in [0.1, 0.15) is 35.8 Å². The SMILES string of the molecule is CC(C)[C@@H](NC(=O)COC(=O)c1cccc(O)c1)c1ccc2c(c1)OCCO2. The summed E-state index contributed by atoms with van der Waals surface area (Å²) in [7, 11) is 0. The lowest BCUT2D eigenvalue weighted by atomic mass is 9.95. The van der Waals surface area contributed by atoms with E-state index >= 15 is 0 Å². The molecule has 148 valence electrons. The molecule has 2 aromatic carbocycles. The third-order valence-electron chi connectivity index (χ3n) is 4.32. The Kier molecular flexibility index (Phi) is 6.03. The summed E-state index contributed by atoms with van der Waals surface area (Å²) >= 11 is 0. The summed E-state index contributed by atoms with van der Waals surface area (Å²) in [6.45, 7) is 4.56. The lowest BCUT2D eigenvalue weighted by molar-refractivity contribution is -0.125. The van der Waals surface area contributed by atoms with Gasteiger partial charge in [0.25, 0.3) is 5.91 Å². The Labute approximate surface area is 163 Å². The summed E-state index contributed by atoms with van der Waals surface area (Å²) in [6.07, 6.45) is 0. The van der Waals surface area contributed by atoms with Crippen LogP contribution in [0.3, 0.4) is 0 Å². The number of hydrogen-bond donors (Lipinski definition) is 2. The van der Waals surface area contributed by atoms with Crippen LogP contribution in [0.2, 0.25) is 0 Å². The number of amides is 1. The molecule has 7 nitrogen and oxygen atoms in total. The molecule has 0 aliphatic carbocycles. The van der Waals surface area contributed by atoms with E-state index in [0.717, 1.165) is 5.56 Å². The van der Waals surface area contributed by atoms with Crippen LogP contribution in [-0.2, 0) is 9.53 Å². The van der Waals surface area contributed by atoms with Gasteiger partial charge in [-0.3, -0.25) is 4.79 Å². The second-order valence-electron chi connectivity index (χ2n) is 6.82. The van der Waals surface area contributed by atoms with Crippen molar-refractivity contribution in [3.05, 3.63) is 53.6 Å². The van der Waals surface area contributed by atoms with Gasteiger partial charge in [-0.2, -0.15) is 0 Å². The highest BCUT2D eigenvalue weighted by atomic mass is 16.6. The van der Waals surface area contributed by atoms with E-state index in [1.165, 1.54) is 24.3 Å². The molecule has 7 heteroatoms. The third kappa shape index (κ3) is 4.73. The van der Waals surface area contributed by atoms with Crippen molar-refractivity contribution in [3.63, 3.8) is 0 Å². The highest BCUT2D eigenvalue weighted by Gasteiger charge is 2.22. The molecule has 28 heavy (non-hydrogen) atoms. The summed E-state index contributed by atoms with van der Waals surface area (Å²) in [5.41, 5.74) is 1.06. The van der Waals surface area contributed by atoms with E-state index < -0.39 is 18.5 Å². The second-order valence-corrected chi connectivity index (χ2v) is 6.82. The summed E-state index contributed by atoms with van der Waals surface area (Å²) in [5.74, 6) is 0.307. The van der Waals surface area contributed by atoms with Gasteiger partial charge in [0, 0.05) is 0 Å². The Bertz CT molecular complexity index is 864.